The van der Waals surface area contributed by atoms with Crippen molar-refractivity contribution in [3.8, 4) is 6.07 Å². The van der Waals surface area contributed by atoms with Crippen LogP contribution in [0, 0.1) is 11.3 Å². The smallest absolute Gasteiger partial charge is 0.247 e. The Morgan fingerprint density at radius 3 is 2.76 bits per heavy atom. The fourth-order valence-electron chi connectivity index (χ4n) is 2.12. The summed E-state index contributed by atoms with van der Waals surface area (Å²) in [6.07, 6.45) is 7.62. The molecule has 4 heteroatoms. The van der Waals surface area contributed by atoms with Gasteiger partial charge in [0.2, 0.25) is 5.91 Å². The average Bonchev–Trinajstić information content (AvgIpc) is 2.37. The summed E-state index contributed by atoms with van der Waals surface area (Å²) in [5.41, 5.74) is 0. The van der Waals surface area contributed by atoms with E-state index in [9.17, 15) is 4.79 Å². The van der Waals surface area contributed by atoms with E-state index in [1.165, 1.54) is 19.3 Å². The Morgan fingerprint density at radius 1 is 1.47 bits per heavy atom. The molecule has 0 aromatic rings. The highest BCUT2D eigenvalue weighted by Crippen LogP contribution is 2.19. The number of carbonyl (C=O) groups excluding carboxylic acids is 1. The van der Waals surface area contributed by atoms with E-state index in [1.54, 1.807) is 0 Å². The van der Waals surface area contributed by atoms with Crippen molar-refractivity contribution >= 4 is 5.91 Å². The average molecular weight is 238 g/mol. The zero-order valence-corrected chi connectivity index (χ0v) is 10.6. The third-order valence-corrected chi connectivity index (χ3v) is 3.07. The molecule has 0 bridgehead atoms. The molecule has 0 saturated heterocycles. The minimum atomic E-state index is -0.373. The fraction of sp³-hybridized carbons (Fsp3) is 0.846. The van der Waals surface area contributed by atoms with Crippen LogP contribution in [-0.2, 0) is 9.53 Å². The summed E-state index contributed by atoms with van der Waals surface area (Å²) >= 11 is 0. The molecule has 0 unspecified atom stereocenters. The number of amides is 1. The Hall–Kier alpha value is -1.08. The van der Waals surface area contributed by atoms with Crippen LogP contribution < -0.4 is 5.32 Å². The van der Waals surface area contributed by atoms with E-state index in [4.69, 9.17) is 10.00 Å². The molecule has 1 rings (SSSR count). The maximum absolute atomic E-state index is 11.5. The number of ether oxygens (including phenoxy) is 1. The minimum Gasteiger partial charge on any atom is -0.368 e. The number of rotatable bonds is 6. The summed E-state index contributed by atoms with van der Waals surface area (Å²) < 4.78 is 5.55. The molecule has 1 aliphatic rings. The highest BCUT2D eigenvalue weighted by Gasteiger charge is 2.16. The van der Waals surface area contributed by atoms with Gasteiger partial charge in [-0.1, -0.05) is 32.6 Å². The lowest BCUT2D eigenvalue weighted by Crippen LogP contribution is -2.37. The van der Waals surface area contributed by atoms with Crippen molar-refractivity contribution in [2.75, 3.05) is 6.61 Å². The molecule has 1 N–H and O–H groups in total. The third kappa shape index (κ3) is 5.69. The van der Waals surface area contributed by atoms with Crippen molar-refractivity contribution < 1.29 is 9.53 Å². The molecule has 1 saturated carbocycles. The van der Waals surface area contributed by atoms with E-state index in [0.29, 0.717) is 6.42 Å². The summed E-state index contributed by atoms with van der Waals surface area (Å²) in [5.74, 6) is -0.171. The normalized spacial score (nSPS) is 18.4. The van der Waals surface area contributed by atoms with Gasteiger partial charge in [0.25, 0.3) is 0 Å². The Morgan fingerprint density at radius 2 is 2.18 bits per heavy atom. The molecule has 0 aromatic carbocycles. The van der Waals surface area contributed by atoms with E-state index < -0.39 is 0 Å². The summed E-state index contributed by atoms with van der Waals surface area (Å²) in [6.45, 7) is 2.08. The van der Waals surface area contributed by atoms with Gasteiger partial charge in [-0.25, -0.2) is 0 Å². The summed E-state index contributed by atoms with van der Waals surface area (Å²) in [5, 5.41) is 11.5. The Balaban J connectivity index is 2.17. The van der Waals surface area contributed by atoms with Crippen LogP contribution in [0.25, 0.3) is 0 Å². The molecule has 96 valence electrons. The second-order valence-electron chi connectivity index (χ2n) is 4.61. The predicted molar refractivity (Wildman–Crippen MR) is 65.3 cm³/mol. The second kappa shape index (κ2) is 8.08. The molecule has 0 radical (unpaired) electrons. The minimum absolute atomic E-state index is 0.0898. The highest BCUT2D eigenvalue weighted by atomic mass is 16.5. The molecule has 0 aromatic heterocycles. The van der Waals surface area contributed by atoms with Crippen molar-refractivity contribution in [1.29, 1.82) is 5.26 Å². The number of nitrogens with one attached hydrogen (secondary N) is 1. The van der Waals surface area contributed by atoms with Crippen LogP contribution >= 0.6 is 0 Å². The van der Waals surface area contributed by atoms with E-state index >= 15 is 0 Å². The van der Waals surface area contributed by atoms with E-state index in [1.807, 2.05) is 6.92 Å². The first-order valence-corrected chi connectivity index (χ1v) is 6.56. The van der Waals surface area contributed by atoms with Gasteiger partial charge in [-0.2, -0.15) is 5.26 Å². The summed E-state index contributed by atoms with van der Waals surface area (Å²) in [7, 11) is 0. The first-order chi connectivity index (χ1) is 8.26. The van der Waals surface area contributed by atoms with Gasteiger partial charge in [0.05, 0.1) is 12.2 Å². The van der Waals surface area contributed by atoms with E-state index in [2.05, 4.69) is 11.4 Å². The highest BCUT2D eigenvalue weighted by molar-refractivity contribution is 5.77. The molecule has 0 spiro atoms. The number of nitriles is 1. The van der Waals surface area contributed by atoms with Crippen molar-refractivity contribution in [3.05, 3.63) is 0 Å². The van der Waals surface area contributed by atoms with Crippen LogP contribution in [0.4, 0.5) is 0 Å². The van der Waals surface area contributed by atoms with Gasteiger partial charge >= 0.3 is 0 Å². The molecular weight excluding hydrogens is 216 g/mol. The SMILES string of the molecule is CCC[C@H](C#N)NC(=O)COC1CCCCC1. The molecule has 1 fully saturated rings. The van der Waals surface area contributed by atoms with Gasteiger partial charge in [0, 0.05) is 0 Å². The molecule has 1 amide bonds. The lowest BCUT2D eigenvalue weighted by Gasteiger charge is -2.22. The zero-order chi connectivity index (χ0) is 12.5. The van der Waals surface area contributed by atoms with Gasteiger partial charge in [-0.3, -0.25) is 4.79 Å². The van der Waals surface area contributed by atoms with Crippen LogP contribution in [0.1, 0.15) is 51.9 Å². The first kappa shape index (κ1) is 14.0. The number of nitrogens with zero attached hydrogens (tertiary/aromatic N) is 1. The van der Waals surface area contributed by atoms with Crippen LogP contribution in [0.2, 0.25) is 0 Å². The van der Waals surface area contributed by atoms with Crippen LogP contribution in [0.3, 0.4) is 0 Å². The van der Waals surface area contributed by atoms with Crippen molar-refractivity contribution in [3.63, 3.8) is 0 Å². The standard InChI is InChI=1S/C13H22N2O2/c1-2-6-11(9-14)15-13(16)10-17-12-7-4-3-5-8-12/h11-12H,2-8,10H2,1H3,(H,15,16)/t11-/m1/s1. The zero-order valence-electron chi connectivity index (χ0n) is 10.6. The first-order valence-electron chi connectivity index (χ1n) is 6.56. The number of carbonyl (C=O) groups is 1. The molecule has 0 aliphatic heterocycles. The summed E-state index contributed by atoms with van der Waals surface area (Å²) in [6, 6.07) is 1.71. The second-order valence-corrected chi connectivity index (χ2v) is 4.61. The molecule has 1 aliphatic carbocycles. The molecule has 1 atom stereocenters. The van der Waals surface area contributed by atoms with Gasteiger partial charge in [-0.05, 0) is 19.3 Å². The monoisotopic (exact) mass is 238 g/mol. The molecular formula is C13H22N2O2. The van der Waals surface area contributed by atoms with Gasteiger partial charge in [0.15, 0.2) is 0 Å². The van der Waals surface area contributed by atoms with Crippen LogP contribution in [0.15, 0.2) is 0 Å². The van der Waals surface area contributed by atoms with Gasteiger partial charge < -0.3 is 10.1 Å². The Kier molecular flexibility index (Phi) is 6.64. The van der Waals surface area contributed by atoms with Gasteiger partial charge in [-0.15, -0.1) is 0 Å². The van der Waals surface area contributed by atoms with Gasteiger partial charge in [0.1, 0.15) is 12.6 Å². The molecule has 4 nitrogen and oxygen atoms in total. The number of hydrogen-bond donors (Lipinski definition) is 1. The summed E-state index contributed by atoms with van der Waals surface area (Å²) in [4.78, 5) is 11.5. The number of hydrogen-bond acceptors (Lipinski definition) is 3. The lowest BCUT2D eigenvalue weighted by atomic mass is 9.98. The van der Waals surface area contributed by atoms with Crippen LogP contribution in [0.5, 0.6) is 0 Å². The molecule has 17 heavy (non-hydrogen) atoms. The Bertz CT molecular complexity index is 267. The Labute approximate surface area is 103 Å². The van der Waals surface area contributed by atoms with Crippen molar-refractivity contribution in [2.45, 2.75) is 64.0 Å². The largest absolute Gasteiger partial charge is 0.368 e. The quantitative estimate of drug-likeness (QED) is 0.771. The predicted octanol–water partition coefficient (Wildman–Crippen LogP) is 2.14. The van der Waals surface area contributed by atoms with E-state index in [-0.39, 0.29) is 24.7 Å². The van der Waals surface area contributed by atoms with Crippen LogP contribution in [-0.4, -0.2) is 24.7 Å². The van der Waals surface area contributed by atoms with E-state index in [0.717, 1.165) is 19.3 Å². The maximum atomic E-state index is 11.5. The maximum Gasteiger partial charge on any atom is 0.247 e. The molecule has 0 heterocycles. The topological polar surface area (TPSA) is 62.1 Å². The van der Waals surface area contributed by atoms with Crippen molar-refractivity contribution in [2.24, 2.45) is 0 Å². The van der Waals surface area contributed by atoms with Crippen molar-refractivity contribution in [1.82, 2.24) is 5.32 Å². The third-order valence-electron chi connectivity index (χ3n) is 3.07. The fourth-order valence-corrected chi connectivity index (χ4v) is 2.12. The lowest BCUT2D eigenvalue weighted by molar-refractivity contribution is -0.128.